The van der Waals surface area contributed by atoms with Crippen LogP contribution in [-0.4, -0.2) is 18.3 Å². The molecule has 2 nitrogen and oxygen atoms in total. The third-order valence-corrected chi connectivity index (χ3v) is 3.45. The zero-order valence-electron chi connectivity index (χ0n) is 8.53. The zero-order valence-corrected chi connectivity index (χ0v) is 10.1. The van der Waals surface area contributed by atoms with Gasteiger partial charge in [0.05, 0.1) is 6.10 Å². The molecule has 0 radical (unpaired) electrons. The molecule has 0 bridgehead atoms. The summed E-state index contributed by atoms with van der Waals surface area (Å²) < 4.78 is 6.33. The standard InChI is InChI=1S/C12H15BrO2/c13-11-3-1-9(2-4-11)12(14)10-5-7-15-8-6-10/h1-4,10,12,14H,5-8H2/t12-/m0/s1. The minimum atomic E-state index is -0.345. The molecule has 1 heterocycles. The quantitative estimate of drug-likeness (QED) is 0.896. The van der Waals surface area contributed by atoms with Gasteiger partial charge in [-0.3, -0.25) is 0 Å². The Bertz CT molecular complexity index is 304. The number of hydrogen-bond acceptors (Lipinski definition) is 2. The van der Waals surface area contributed by atoms with Gasteiger partial charge in [0.2, 0.25) is 0 Å². The van der Waals surface area contributed by atoms with Crippen molar-refractivity contribution < 1.29 is 9.84 Å². The summed E-state index contributed by atoms with van der Waals surface area (Å²) in [6.07, 6.45) is 1.57. The molecule has 1 aromatic carbocycles. The first-order valence-corrected chi connectivity index (χ1v) is 6.08. The number of rotatable bonds is 2. The van der Waals surface area contributed by atoms with Gasteiger partial charge >= 0.3 is 0 Å². The summed E-state index contributed by atoms with van der Waals surface area (Å²) in [5.41, 5.74) is 1.00. The molecule has 3 heteroatoms. The lowest BCUT2D eigenvalue weighted by molar-refractivity contribution is 0.00718. The van der Waals surface area contributed by atoms with Crippen molar-refractivity contribution in [3.05, 3.63) is 34.3 Å². The predicted octanol–water partition coefficient (Wildman–Crippen LogP) is 2.91. The van der Waals surface area contributed by atoms with E-state index in [2.05, 4.69) is 15.9 Å². The zero-order chi connectivity index (χ0) is 10.7. The first-order valence-electron chi connectivity index (χ1n) is 5.28. The van der Waals surface area contributed by atoms with E-state index in [4.69, 9.17) is 4.74 Å². The average molecular weight is 271 g/mol. The Kier molecular flexibility index (Phi) is 3.78. The maximum atomic E-state index is 10.2. The van der Waals surface area contributed by atoms with Crippen LogP contribution in [0.15, 0.2) is 28.7 Å². The van der Waals surface area contributed by atoms with Crippen molar-refractivity contribution >= 4 is 15.9 Å². The van der Waals surface area contributed by atoms with Gasteiger partial charge in [-0.05, 0) is 36.5 Å². The minimum absolute atomic E-state index is 0.345. The van der Waals surface area contributed by atoms with Crippen molar-refractivity contribution in [2.45, 2.75) is 18.9 Å². The van der Waals surface area contributed by atoms with Crippen LogP contribution in [-0.2, 0) is 4.74 Å². The average Bonchev–Trinajstić information content (AvgIpc) is 2.30. The maximum Gasteiger partial charge on any atom is 0.0819 e. The molecule has 0 saturated carbocycles. The number of aliphatic hydroxyl groups excluding tert-OH is 1. The monoisotopic (exact) mass is 270 g/mol. The summed E-state index contributed by atoms with van der Waals surface area (Å²) in [6.45, 7) is 1.55. The highest BCUT2D eigenvalue weighted by Gasteiger charge is 2.23. The largest absolute Gasteiger partial charge is 0.388 e. The van der Waals surface area contributed by atoms with Crippen LogP contribution in [0.2, 0.25) is 0 Å². The second kappa shape index (κ2) is 5.10. The molecular weight excluding hydrogens is 256 g/mol. The highest BCUT2D eigenvalue weighted by molar-refractivity contribution is 9.10. The molecule has 0 aliphatic carbocycles. The van der Waals surface area contributed by atoms with Gasteiger partial charge in [-0.2, -0.15) is 0 Å². The van der Waals surface area contributed by atoms with E-state index in [1.54, 1.807) is 0 Å². The molecule has 1 aliphatic rings. The summed E-state index contributed by atoms with van der Waals surface area (Å²) in [5, 5.41) is 10.2. The number of benzene rings is 1. The lowest BCUT2D eigenvalue weighted by atomic mass is 9.89. The van der Waals surface area contributed by atoms with E-state index in [-0.39, 0.29) is 6.10 Å². The van der Waals surface area contributed by atoms with Crippen LogP contribution in [0.1, 0.15) is 24.5 Å². The van der Waals surface area contributed by atoms with Gasteiger partial charge in [-0.1, -0.05) is 28.1 Å². The van der Waals surface area contributed by atoms with Gasteiger partial charge in [0.25, 0.3) is 0 Å². The Morgan fingerprint density at radius 2 is 1.80 bits per heavy atom. The van der Waals surface area contributed by atoms with Crippen LogP contribution >= 0.6 is 15.9 Å². The van der Waals surface area contributed by atoms with Crippen molar-refractivity contribution in [1.82, 2.24) is 0 Å². The van der Waals surface area contributed by atoms with Crippen molar-refractivity contribution in [2.24, 2.45) is 5.92 Å². The van der Waals surface area contributed by atoms with Gasteiger partial charge in [0, 0.05) is 17.7 Å². The minimum Gasteiger partial charge on any atom is -0.388 e. The summed E-state index contributed by atoms with van der Waals surface area (Å²) >= 11 is 3.39. The van der Waals surface area contributed by atoms with Crippen molar-refractivity contribution in [2.75, 3.05) is 13.2 Å². The second-order valence-electron chi connectivity index (χ2n) is 3.95. The molecule has 0 amide bonds. The summed E-state index contributed by atoms with van der Waals surface area (Å²) in [4.78, 5) is 0. The van der Waals surface area contributed by atoms with Gasteiger partial charge in [-0.25, -0.2) is 0 Å². The van der Waals surface area contributed by atoms with E-state index in [9.17, 15) is 5.11 Å². The molecule has 1 atom stereocenters. The predicted molar refractivity (Wildman–Crippen MR) is 62.6 cm³/mol. The fourth-order valence-electron chi connectivity index (χ4n) is 1.96. The van der Waals surface area contributed by atoms with Crippen LogP contribution in [0.25, 0.3) is 0 Å². The smallest absolute Gasteiger partial charge is 0.0819 e. The van der Waals surface area contributed by atoms with Crippen LogP contribution in [0, 0.1) is 5.92 Å². The molecule has 15 heavy (non-hydrogen) atoms. The lowest BCUT2D eigenvalue weighted by Crippen LogP contribution is -2.21. The number of hydrogen-bond donors (Lipinski definition) is 1. The number of halogens is 1. The molecular formula is C12H15BrO2. The third-order valence-electron chi connectivity index (χ3n) is 2.92. The fraction of sp³-hybridized carbons (Fsp3) is 0.500. The first-order chi connectivity index (χ1) is 7.27. The van der Waals surface area contributed by atoms with Crippen LogP contribution in [0.4, 0.5) is 0 Å². The molecule has 82 valence electrons. The van der Waals surface area contributed by atoms with Crippen LogP contribution in [0.3, 0.4) is 0 Å². The Balaban J connectivity index is 2.05. The van der Waals surface area contributed by atoms with Gasteiger partial charge in [0.15, 0.2) is 0 Å². The molecule has 1 aliphatic heterocycles. The SMILES string of the molecule is O[C@@H](c1ccc(Br)cc1)C1CCOCC1. The van der Waals surface area contributed by atoms with Gasteiger partial charge in [-0.15, -0.1) is 0 Å². The van der Waals surface area contributed by atoms with E-state index in [0.717, 1.165) is 36.1 Å². The van der Waals surface area contributed by atoms with Crippen molar-refractivity contribution in [3.63, 3.8) is 0 Å². The van der Waals surface area contributed by atoms with E-state index >= 15 is 0 Å². The highest BCUT2D eigenvalue weighted by atomic mass is 79.9. The van der Waals surface area contributed by atoms with Crippen LogP contribution < -0.4 is 0 Å². The van der Waals surface area contributed by atoms with E-state index in [1.807, 2.05) is 24.3 Å². The van der Waals surface area contributed by atoms with E-state index < -0.39 is 0 Å². The van der Waals surface area contributed by atoms with Crippen LogP contribution in [0.5, 0.6) is 0 Å². The fourth-order valence-corrected chi connectivity index (χ4v) is 2.23. The molecule has 1 fully saturated rings. The van der Waals surface area contributed by atoms with E-state index in [0.29, 0.717) is 5.92 Å². The molecule has 0 spiro atoms. The summed E-state index contributed by atoms with van der Waals surface area (Å²) in [5.74, 6) is 0.347. The van der Waals surface area contributed by atoms with Gasteiger partial charge < -0.3 is 9.84 Å². The Morgan fingerprint density at radius 1 is 1.20 bits per heavy atom. The highest BCUT2D eigenvalue weighted by Crippen LogP contribution is 2.30. The Labute approximate surface area is 98.4 Å². The van der Waals surface area contributed by atoms with E-state index in [1.165, 1.54) is 0 Å². The molecule has 2 rings (SSSR count). The van der Waals surface area contributed by atoms with Gasteiger partial charge in [0.1, 0.15) is 0 Å². The molecule has 1 saturated heterocycles. The molecule has 0 unspecified atom stereocenters. The van der Waals surface area contributed by atoms with Crippen molar-refractivity contribution in [3.8, 4) is 0 Å². The number of ether oxygens (including phenoxy) is 1. The topological polar surface area (TPSA) is 29.5 Å². The lowest BCUT2D eigenvalue weighted by Gasteiger charge is -2.26. The molecule has 0 aromatic heterocycles. The summed E-state index contributed by atoms with van der Waals surface area (Å²) in [6, 6.07) is 7.89. The normalized spacial score (nSPS) is 20.1. The summed E-state index contributed by atoms with van der Waals surface area (Å²) in [7, 11) is 0. The Hall–Kier alpha value is -0.380. The third kappa shape index (κ3) is 2.80. The molecule has 1 aromatic rings. The van der Waals surface area contributed by atoms with Crippen molar-refractivity contribution in [1.29, 1.82) is 0 Å². The first kappa shape index (κ1) is 11.1. The number of aliphatic hydroxyl groups is 1. The second-order valence-corrected chi connectivity index (χ2v) is 4.86. The Morgan fingerprint density at radius 3 is 2.40 bits per heavy atom. The maximum absolute atomic E-state index is 10.2. The molecule has 1 N–H and O–H groups in total.